The Hall–Kier alpha value is -1.70. The van der Waals surface area contributed by atoms with Gasteiger partial charge in [-0.05, 0) is 18.8 Å². The van der Waals surface area contributed by atoms with E-state index in [0.717, 1.165) is 0 Å². The van der Waals surface area contributed by atoms with Crippen LogP contribution in [0.15, 0.2) is 6.07 Å². The molecule has 0 bridgehead atoms. The number of carbonyl (C=O) groups is 1. The van der Waals surface area contributed by atoms with Crippen LogP contribution in [0.5, 0.6) is 0 Å². The standard InChI is InChI=1S/C13H12F4N2OS/c1-5-3-13(4-5,11(18)21)12(20)19-10-8(16)6(14)2-7(15)9(10)17/h2,5H,3-4H2,1H3,(H2,18,21)(H,19,20). The lowest BCUT2D eigenvalue weighted by Crippen LogP contribution is -2.54. The molecule has 114 valence electrons. The lowest BCUT2D eigenvalue weighted by molar-refractivity contribution is -0.127. The number of amides is 1. The Kier molecular flexibility index (Phi) is 3.92. The van der Waals surface area contributed by atoms with Gasteiger partial charge in [-0.1, -0.05) is 19.1 Å². The maximum atomic E-state index is 13.5. The van der Waals surface area contributed by atoms with Gasteiger partial charge in [0.15, 0.2) is 23.3 Å². The van der Waals surface area contributed by atoms with E-state index in [2.05, 4.69) is 0 Å². The van der Waals surface area contributed by atoms with Crippen molar-refractivity contribution in [1.29, 1.82) is 0 Å². The summed E-state index contributed by atoms with van der Waals surface area (Å²) >= 11 is 4.82. The highest BCUT2D eigenvalue weighted by Gasteiger charge is 2.51. The molecule has 1 saturated carbocycles. The molecule has 0 saturated heterocycles. The van der Waals surface area contributed by atoms with Crippen LogP contribution in [0.3, 0.4) is 0 Å². The number of rotatable bonds is 3. The molecule has 8 heteroatoms. The molecule has 1 aromatic rings. The molecule has 0 spiro atoms. The number of benzene rings is 1. The van der Waals surface area contributed by atoms with Crippen LogP contribution in [-0.4, -0.2) is 10.9 Å². The maximum Gasteiger partial charge on any atom is 0.237 e. The molecular weight excluding hydrogens is 308 g/mol. The summed E-state index contributed by atoms with van der Waals surface area (Å²) in [6.45, 7) is 1.85. The van der Waals surface area contributed by atoms with Gasteiger partial charge in [-0.2, -0.15) is 0 Å². The summed E-state index contributed by atoms with van der Waals surface area (Å²) in [5.41, 5.74) is 3.11. The topological polar surface area (TPSA) is 55.1 Å². The Morgan fingerprint density at radius 3 is 2.14 bits per heavy atom. The molecule has 21 heavy (non-hydrogen) atoms. The first-order valence-corrected chi connectivity index (χ1v) is 6.54. The highest BCUT2D eigenvalue weighted by molar-refractivity contribution is 7.80. The number of hydrogen-bond donors (Lipinski definition) is 2. The second-order valence-corrected chi connectivity index (χ2v) is 5.70. The largest absolute Gasteiger partial charge is 0.392 e. The van der Waals surface area contributed by atoms with Crippen molar-refractivity contribution in [3.05, 3.63) is 29.3 Å². The van der Waals surface area contributed by atoms with E-state index in [1.165, 1.54) is 0 Å². The zero-order valence-electron chi connectivity index (χ0n) is 11.0. The molecule has 0 heterocycles. The summed E-state index contributed by atoms with van der Waals surface area (Å²) in [6.07, 6.45) is 0.629. The van der Waals surface area contributed by atoms with E-state index in [0.29, 0.717) is 12.8 Å². The Balaban J connectivity index is 2.35. The van der Waals surface area contributed by atoms with E-state index < -0.39 is 40.3 Å². The SMILES string of the molecule is CC1CC(C(=O)Nc2c(F)c(F)cc(F)c2F)(C(N)=S)C1. The van der Waals surface area contributed by atoms with Crippen LogP contribution in [0.1, 0.15) is 19.8 Å². The van der Waals surface area contributed by atoms with E-state index in [1.807, 2.05) is 12.2 Å². The van der Waals surface area contributed by atoms with Crippen LogP contribution in [-0.2, 0) is 4.79 Å². The van der Waals surface area contributed by atoms with Crippen LogP contribution in [0.2, 0.25) is 0 Å². The molecule has 1 aliphatic rings. The van der Waals surface area contributed by atoms with Crippen molar-refractivity contribution in [1.82, 2.24) is 0 Å². The number of thiocarbonyl (C=S) groups is 1. The summed E-state index contributed by atoms with van der Waals surface area (Å²) in [5, 5.41) is 1.87. The second-order valence-electron chi connectivity index (χ2n) is 5.26. The monoisotopic (exact) mass is 320 g/mol. The van der Waals surface area contributed by atoms with Crippen molar-refractivity contribution in [2.75, 3.05) is 5.32 Å². The summed E-state index contributed by atoms with van der Waals surface area (Å²) in [5.74, 6) is -7.25. The predicted molar refractivity (Wildman–Crippen MR) is 72.5 cm³/mol. The minimum absolute atomic E-state index is 0.0646. The smallest absolute Gasteiger partial charge is 0.237 e. The molecular formula is C13H12F4N2OS. The molecule has 1 aliphatic carbocycles. The number of nitrogens with two attached hydrogens (primary N) is 1. The van der Waals surface area contributed by atoms with Crippen molar-refractivity contribution in [2.24, 2.45) is 17.1 Å². The van der Waals surface area contributed by atoms with Gasteiger partial charge in [-0.25, -0.2) is 17.6 Å². The van der Waals surface area contributed by atoms with Gasteiger partial charge in [-0.15, -0.1) is 0 Å². The van der Waals surface area contributed by atoms with Gasteiger partial charge in [0.2, 0.25) is 5.91 Å². The molecule has 0 unspecified atom stereocenters. The third kappa shape index (κ3) is 2.48. The first kappa shape index (κ1) is 15.7. The van der Waals surface area contributed by atoms with E-state index >= 15 is 0 Å². The molecule has 3 N–H and O–H groups in total. The first-order chi connectivity index (χ1) is 9.69. The zero-order valence-corrected chi connectivity index (χ0v) is 11.8. The molecule has 0 atom stereocenters. The molecule has 0 aromatic heterocycles. The first-order valence-electron chi connectivity index (χ1n) is 6.13. The Morgan fingerprint density at radius 2 is 1.76 bits per heavy atom. The van der Waals surface area contributed by atoms with E-state index in [9.17, 15) is 22.4 Å². The van der Waals surface area contributed by atoms with Crippen molar-refractivity contribution >= 4 is 28.8 Å². The van der Waals surface area contributed by atoms with E-state index in [1.54, 1.807) is 0 Å². The van der Waals surface area contributed by atoms with E-state index in [-0.39, 0.29) is 17.0 Å². The Labute approximate surface area is 123 Å². The van der Waals surface area contributed by atoms with Gasteiger partial charge in [0, 0.05) is 6.07 Å². The summed E-state index contributed by atoms with van der Waals surface area (Å²) < 4.78 is 53.3. The van der Waals surface area contributed by atoms with Gasteiger partial charge in [0.25, 0.3) is 0 Å². The van der Waals surface area contributed by atoms with Gasteiger partial charge >= 0.3 is 0 Å². The molecule has 0 radical (unpaired) electrons. The predicted octanol–water partition coefficient (Wildman–Crippen LogP) is 2.88. The third-order valence-corrected chi connectivity index (χ3v) is 4.04. The van der Waals surface area contributed by atoms with Crippen LogP contribution in [0.25, 0.3) is 0 Å². The average Bonchev–Trinajstić information content (AvgIpc) is 2.36. The zero-order chi connectivity index (χ0) is 15.9. The number of hydrogen-bond acceptors (Lipinski definition) is 2. The fourth-order valence-corrected chi connectivity index (χ4v) is 2.80. The molecule has 1 aromatic carbocycles. The van der Waals surface area contributed by atoms with Gasteiger partial charge < -0.3 is 11.1 Å². The normalized spacial score (nSPS) is 24.3. The number of carbonyl (C=O) groups excluding carboxylic acids is 1. The lowest BCUT2D eigenvalue weighted by Gasteiger charge is -2.44. The fourth-order valence-electron chi connectivity index (χ4n) is 2.54. The van der Waals surface area contributed by atoms with E-state index in [4.69, 9.17) is 18.0 Å². The quantitative estimate of drug-likeness (QED) is 0.511. The minimum atomic E-state index is -1.67. The summed E-state index contributed by atoms with van der Waals surface area (Å²) in [7, 11) is 0. The van der Waals surface area contributed by atoms with Gasteiger partial charge in [-0.3, -0.25) is 4.79 Å². The average molecular weight is 320 g/mol. The van der Waals surface area contributed by atoms with Crippen molar-refractivity contribution in [3.63, 3.8) is 0 Å². The van der Waals surface area contributed by atoms with Crippen molar-refractivity contribution in [2.45, 2.75) is 19.8 Å². The van der Waals surface area contributed by atoms with Crippen LogP contribution in [0, 0.1) is 34.6 Å². The lowest BCUT2D eigenvalue weighted by atomic mass is 9.62. The minimum Gasteiger partial charge on any atom is -0.392 e. The molecule has 1 amide bonds. The summed E-state index contributed by atoms with van der Waals surface area (Å²) in [4.78, 5) is 12.1. The highest BCUT2D eigenvalue weighted by atomic mass is 32.1. The Morgan fingerprint density at radius 1 is 1.29 bits per heavy atom. The second kappa shape index (κ2) is 5.25. The highest BCUT2D eigenvalue weighted by Crippen LogP contribution is 2.46. The van der Waals surface area contributed by atoms with Gasteiger partial charge in [0.05, 0.1) is 10.4 Å². The maximum absolute atomic E-state index is 13.5. The van der Waals surface area contributed by atoms with Crippen LogP contribution in [0.4, 0.5) is 23.2 Å². The molecule has 3 nitrogen and oxygen atoms in total. The van der Waals surface area contributed by atoms with Crippen LogP contribution >= 0.6 is 12.2 Å². The van der Waals surface area contributed by atoms with Gasteiger partial charge in [0.1, 0.15) is 5.69 Å². The van der Waals surface area contributed by atoms with Crippen LogP contribution < -0.4 is 11.1 Å². The number of halogens is 4. The molecule has 1 fully saturated rings. The Bertz CT molecular complexity index is 603. The fraction of sp³-hybridized carbons (Fsp3) is 0.385. The number of anilines is 1. The molecule has 0 aliphatic heterocycles. The third-order valence-electron chi connectivity index (χ3n) is 3.65. The van der Waals surface area contributed by atoms with Crippen molar-refractivity contribution in [3.8, 4) is 0 Å². The summed E-state index contributed by atoms with van der Waals surface area (Å²) in [6, 6.07) is 0.0646. The van der Waals surface area contributed by atoms with Crippen molar-refractivity contribution < 1.29 is 22.4 Å². The molecule has 2 rings (SSSR count). The number of nitrogens with one attached hydrogen (secondary N) is 1.